The van der Waals surface area contributed by atoms with Crippen molar-refractivity contribution in [3.05, 3.63) is 0 Å². The fourth-order valence-corrected chi connectivity index (χ4v) is 1.49. The summed E-state index contributed by atoms with van der Waals surface area (Å²) in [5.41, 5.74) is 0. The second-order valence-electron chi connectivity index (χ2n) is 3.94. The van der Waals surface area contributed by atoms with Gasteiger partial charge in [-0.2, -0.15) is 0 Å². The quantitative estimate of drug-likeness (QED) is 0.443. The second kappa shape index (κ2) is 7.85. The molecule has 0 bridgehead atoms. The topological polar surface area (TPSA) is 111 Å². The van der Waals surface area contributed by atoms with E-state index in [1.807, 2.05) is 0 Å². The number of hydrogen-bond acceptors (Lipinski definition) is 5. The minimum Gasteiger partial charge on any atom is -0.479 e. The summed E-state index contributed by atoms with van der Waals surface area (Å²) in [7, 11) is 0. The molecule has 0 saturated carbocycles. The lowest BCUT2D eigenvalue weighted by atomic mass is 10.3. The Balaban J connectivity index is 2.04. The van der Waals surface area contributed by atoms with Crippen LogP contribution in [0.2, 0.25) is 0 Å². The molecule has 1 unspecified atom stereocenters. The van der Waals surface area contributed by atoms with Crippen molar-refractivity contribution in [1.29, 1.82) is 0 Å². The summed E-state index contributed by atoms with van der Waals surface area (Å²) in [5.74, 6) is -1.36. The van der Waals surface area contributed by atoms with E-state index in [-0.39, 0.29) is 6.54 Å². The number of ether oxygens (including phenoxy) is 1. The number of urea groups is 1. The predicted octanol–water partition coefficient (Wildman–Crippen LogP) is -1.94. The standard InChI is InChI=1S/C10H19N3O5/c14-8(9(15)16)7-12-10(17)11-1-2-13-3-5-18-6-4-13/h8,14H,1-7H2,(H,15,16)(H2,11,12,17). The molecule has 0 aromatic rings. The molecule has 0 aliphatic carbocycles. The lowest BCUT2D eigenvalue weighted by Crippen LogP contribution is -2.45. The van der Waals surface area contributed by atoms with Gasteiger partial charge in [-0.3, -0.25) is 4.90 Å². The average Bonchev–Trinajstić information content (AvgIpc) is 2.37. The van der Waals surface area contributed by atoms with Crippen molar-refractivity contribution >= 4 is 12.0 Å². The molecule has 2 amide bonds. The Hall–Kier alpha value is -1.38. The molecule has 0 spiro atoms. The van der Waals surface area contributed by atoms with Gasteiger partial charge in [0, 0.05) is 26.2 Å². The number of aliphatic hydroxyl groups is 1. The van der Waals surface area contributed by atoms with Gasteiger partial charge in [-0.15, -0.1) is 0 Å². The summed E-state index contributed by atoms with van der Waals surface area (Å²) < 4.78 is 5.19. The first-order valence-corrected chi connectivity index (χ1v) is 5.82. The largest absolute Gasteiger partial charge is 0.479 e. The summed E-state index contributed by atoms with van der Waals surface area (Å²) in [5, 5.41) is 22.2. The number of aliphatic carboxylic acids is 1. The van der Waals surface area contributed by atoms with Crippen molar-refractivity contribution < 1.29 is 24.5 Å². The number of carbonyl (C=O) groups excluding carboxylic acids is 1. The Labute approximate surface area is 105 Å². The first-order chi connectivity index (χ1) is 8.59. The van der Waals surface area contributed by atoms with Crippen LogP contribution < -0.4 is 10.6 Å². The van der Waals surface area contributed by atoms with E-state index in [1.165, 1.54) is 0 Å². The molecule has 1 saturated heterocycles. The zero-order valence-electron chi connectivity index (χ0n) is 10.1. The molecule has 1 fully saturated rings. The lowest BCUT2D eigenvalue weighted by Gasteiger charge is -2.26. The average molecular weight is 261 g/mol. The van der Waals surface area contributed by atoms with Gasteiger partial charge in [0.05, 0.1) is 19.8 Å². The number of carbonyl (C=O) groups is 2. The van der Waals surface area contributed by atoms with E-state index in [0.29, 0.717) is 19.8 Å². The van der Waals surface area contributed by atoms with Crippen LogP contribution >= 0.6 is 0 Å². The van der Waals surface area contributed by atoms with Crippen molar-refractivity contribution in [3.63, 3.8) is 0 Å². The molecule has 1 aliphatic heterocycles. The van der Waals surface area contributed by atoms with Crippen molar-refractivity contribution in [2.24, 2.45) is 0 Å². The summed E-state index contributed by atoms with van der Waals surface area (Å²) in [6.45, 7) is 3.99. The lowest BCUT2D eigenvalue weighted by molar-refractivity contribution is -0.146. The third-order valence-corrected chi connectivity index (χ3v) is 2.56. The number of nitrogens with one attached hydrogen (secondary N) is 2. The van der Waals surface area contributed by atoms with Gasteiger partial charge in [-0.25, -0.2) is 9.59 Å². The Kier molecular flexibility index (Phi) is 6.40. The fourth-order valence-electron chi connectivity index (χ4n) is 1.49. The van der Waals surface area contributed by atoms with Crippen LogP contribution in [-0.2, 0) is 9.53 Å². The number of morpholine rings is 1. The first-order valence-electron chi connectivity index (χ1n) is 5.82. The van der Waals surface area contributed by atoms with E-state index in [1.54, 1.807) is 0 Å². The molecule has 4 N–H and O–H groups in total. The van der Waals surface area contributed by atoms with Gasteiger partial charge in [-0.1, -0.05) is 0 Å². The Morgan fingerprint density at radius 2 is 1.94 bits per heavy atom. The molecule has 18 heavy (non-hydrogen) atoms. The number of aliphatic hydroxyl groups excluding tert-OH is 1. The van der Waals surface area contributed by atoms with E-state index in [2.05, 4.69) is 15.5 Å². The molecular formula is C10H19N3O5. The number of nitrogens with zero attached hydrogens (tertiary/aromatic N) is 1. The maximum atomic E-state index is 11.2. The second-order valence-corrected chi connectivity index (χ2v) is 3.94. The number of carboxylic acids is 1. The SMILES string of the molecule is O=C(NCCN1CCOCC1)NCC(O)C(=O)O. The van der Waals surface area contributed by atoms with Crippen molar-refractivity contribution in [2.75, 3.05) is 45.9 Å². The van der Waals surface area contributed by atoms with Gasteiger partial charge in [0.15, 0.2) is 6.10 Å². The predicted molar refractivity (Wildman–Crippen MR) is 62.3 cm³/mol. The van der Waals surface area contributed by atoms with Crippen LogP contribution in [0.25, 0.3) is 0 Å². The Morgan fingerprint density at radius 3 is 2.56 bits per heavy atom. The van der Waals surface area contributed by atoms with Crippen LogP contribution in [0.4, 0.5) is 4.79 Å². The molecule has 8 nitrogen and oxygen atoms in total. The van der Waals surface area contributed by atoms with Crippen LogP contribution in [-0.4, -0.2) is 79.2 Å². The molecule has 0 radical (unpaired) electrons. The fraction of sp³-hybridized carbons (Fsp3) is 0.800. The van der Waals surface area contributed by atoms with Crippen LogP contribution in [0.3, 0.4) is 0 Å². The van der Waals surface area contributed by atoms with E-state index < -0.39 is 18.1 Å². The van der Waals surface area contributed by atoms with E-state index in [0.717, 1.165) is 19.6 Å². The highest BCUT2D eigenvalue weighted by Gasteiger charge is 2.14. The Bertz CT molecular complexity index is 281. The van der Waals surface area contributed by atoms with Crippen molar-refractivity contribution in [1.82, 2.24) is 15.5 Å². The molecular weight excluding hydrogens is 242 g/mol. The van der Waals surface area contributed by atoms with E-state index in [4.69, 9.17) is 14.9 Å². The molecule has 104 valence electrons. The van der Waals surface area contributed by atoms with Gasteiger partial charge >= 0.3 is 12.0 Å². The molecule has 1 aliphatic rings. The van der Waals surface area contributed by atoms with Gasteiger partial charge in [0.2, 0.25) is 0 Å². The maximum Gasteiger partial charge on any atom is 0.334 e. The highest BCUT2D eigenvalue weighted by molar-refractivity contribution is 5.76. The number of hydrogen-bond donors (Lipinski definition) is 4. The molecule has 1 rings (SSSR count). The highest BCUT2D eigenvalue weighted by Crippen LogP contribution is 1.94. The summed E-state index contributed by atoms with van der Waals surface area (Å²) in [4.78, 5) is 23.7. The Morgan fingerprint density at radius 1 is 1.28 bits per heavy atom. The minimum absolute atomic E-state index is 0.307. The maximum absolute atomic E-state index is 11.2. The van der Waals surface area contributed by atoms with Crippen molar-refractivity contribution in [3.8, 4) is 0 Å². The van der Waals surface area contributed by atoms with Crippen LogP contribution in [0.5, 0.6) is 0 Å². The van der Waals surface area contributed by atoms with Crippen molar-refractivity contribution in [2.45, 2.75) is 6.10 Å². The number of amides is 2. The third kappa shape index (κ3) is 5.80. The van der Waals surface area contributed by atoms with Gasteiger partial charge < -0.3 is 25.6 Å². The number of carboxylic acid groups (broad SMARTS) is 1. The summed E-state index contributed by atoms with van der Waals surface area (Å²) in [6.07, 6.45) is -1.57. The number of rotatable bonds is 6. The van der Waals surface area contributed by atoms with Crippen LogP contribution in [0.15, 0.2) is 0 Å². The first kappa shape index (κ1) is 14.7. The highest BCUT2D eigenvalue weighted by atomic mass is 16.5. The zero-order valence-corrected chi connectivity index (χ0v) is 10.1. The van der Waals surface area contributed by atoms with Gasteiger partial charge in [0.25, 0.3) is 0 Å². The van der Waals surface area contributed by atoms with Gasteiger partial charge in [-0.05, 0) is 0 Å². The molecule has 1 heterocycles. The summed E-state index contributed by atoms with van der Waals surface area (Å²) >= 11 is 0. The minimum atomic E-state index is -1.57. The van der Waals surface area contributed by atoms with E-state index >= 15 is 0 Å². The summed E-state index contributed by atoms with van der Waals surface area (Å²) in [6, 6.07) is -0.483. The monoisotopic (exact) mass is 261 g/mol. The molecule has 0 aromatic carbocycles. The zero-order chi connectivity index (χ0) is 13.4. The third-order valence-electron chi connectivity index (χ3n) is 2.56. The van der Waals surface area contributed by atoms with Crippen LogP contribution in [0, 0.1) is 0 Å². The van der Waals surface area contributed by atoms with E-state index in [9.17, 15) is 9.59 Å². The molecule has 8 heteroatoms. The smallest absolute Gasteiger partial charge is 0.334 e. The normalized spacial score (nSPS) is 18.1. The van der Waals surface area contributed by atoms with Crippen LogP contribution in [0.1, 0.15) is 0 Å². The molecule has 1 atom stereocenters. The van der Waals surface area contributed by atoms with Gasteiger partial charge in [0.1, 0.15) is 0 Å². The molecule has 0 aromatic heterocycles.